The SMILES string of the molecule is Cc1nc(-c2cc(C(=O)N3CCC[C@H]3[C@H]3CCCN3C)co2)cs1. The third-order valence-electron chi connectivity index (χ3n) is 5.30. The van der Waals surface area contributed by atoms with Crippen molar-refractivity contribution >= 4 is 17.2 Å². The summed E-state index contributed by atoms with van der Waals surface area (Å²) in [6, 6.07) is 2.68. The molecule has 0 radical (unpaired) electrons. The Kier molecular flexibility index (Phi) is 4.18. The van der Waals surface area contributed by atoms with Gasteiger partial charge in [-0.15, -0.1) is 11.3 Å². The maximum absolute atomic E-state index is 13.0. The fourth-order valence-corrected chi connectivity index (χ4v) is 4.69. The van der Waals surface area contributed by atoms with Crippen molar-refractivity contribution in [2.45, 2.75) is 44.7 Å². The van der Waals surface area contributed by atoms with Crippen molar-refractivity contribution in [1.82, 2.24) is 14.8 Å². The molecule has 0 aliphatic carbocycles. The average molecular weight is 345 g/mol. The van der Waals surface area contributed by atoms with Crippen LogP contribution in [0.15, 0.2) is 22.1 Å². The van der Waals surface area contributed by atoms with E-state index < -0.39 is 0 Å². The number of furan rings is 1. The zero-order chi connectivity index (χ0) is 16.7. The van der Waals surface area contributed by atoms with E-state index in [1.54, 1.807) is 17.6 Å². The van der Waals surface area contributed by atoms with E-state index in [9.17, 15) is 4.79 Å². The fraction of sp³-hybridized carbons (Fsp3) is 0.556. The Hall–Kier alpha value is -1.66. The first-order chi connectivity index (χ1) is 11.6. The molecule has 2 fully saturated rings. The molecule has 5 nitrogen and oxygen atoms in total. The highest BCUT2D eigenvalue weighted by atomic mass is 32.1. The minimum Gasteiger partial charge on any atom is -0.462 e. The summed E-state index contributed by atoms with van der Waals surface area (Å²) >= 11 is 1.59. The number of likely N-dealkylation sites (N-methyl/N-ethyl adjacent to an activating group) is 1. The average Bonchev–Trinajstić information content (AvgIpc) is 3.33. The van der Waals surface area contributed by atoms with Gasteiger partial charge in [0.25, 0.3) is 5.91 Å². The van der Waals surface area contributed by atoms with Gasteiger partial charge in [-0.25, -0.2) is 4.98 Å². The van der Waals surface area contributed by atoms with E-state index >= 15 is 0 Å². The molecule has 2 aliphatic rings. The van der Waals surface area contributed by atoms with Crippen LogP contribution in [-0.4, -0.2) is 52.9 Å². The van der Waals surface area contributed by atoms with Crippen molar-refractivity contribution in [2.75, 3.05) is 20.1 Å². The van der Waals surface area contributed by atoms with Gasteiger partial charge in [-0.2, -0.15) is 0 Å². The third kappa shape index (κ3) is 2.78. The van der Waals surface area contributed by atoms with Gasteiger partial charge in [-0.3, -0.25) is 4.79 Å². The molecule has 2 aliphatic heterocycles. The number of hydrogen-bond donors (Lipinski definition) is 0. The van der Waals surface area contributed by atoms with Crippen LogP contribution >= 0.6 is 11.3 Å². The van der Waals surface area contributed by atoms with Gasteiger partial charge in [-0.1, -0.05) is 0 Å². The van der Waals surface area contributed by atoms with Gasteiger partial charge < -0.3 is 14.2 Å². The number of aromatic nitrogens is 1. The second-order valence-electron chi connectivity index (χ2n) is 6.85. The van der Waals surface area contributed by atoms with Crippen LogP contribution in [0, 0.1) is 6.92 Å². The third-order valence-corrected chi connectivity index (χ3v) is 6.07. The van der Waals surface area contributed by atoms with Gasteiger partial charge >= 0.3 is 0 Å². The van der Waals surface area contributed by atoms with Gasteiger partial charge in [0.2, 0.25) is 0 Å². The number of hydrogen-bond acceptors (Lipinski definition) is 5. The van der Waals surface area contributed by atoms with Crippen molar-refractivity contribution in [3.63, 3.8) is 0 Å². The summed E-state index contributed by atoms with van der Waals surface area (Å²) in [5.74, 6) is 0.774. The molecule has 0 spiro atoms. The zero-order valence-electron chi connectivity index (χ0n) is 14.2. The minimum atomic E-state index is 0.0970. The molecule has 0 saturated carbocycles. The van der Waals surface area contributed by atoms with Crippen LogP contribution in [0.5, 0.6) is 0 Å². The van der Waals surface area contributed by atoms with E-state index in [1.807, 2.05) is 18.4 Å². The van der Waals surface area contributed by atoms with E-state index in [0.717, 1.165) is 36.6 Å². The smallest absolute Gasteiger partial charge is 0.257 e. The molecule has 0 unspecified atom stereocenters. The molecule has 6 heteroatoms. The molecule has 0 aromatic carbocycles. The predicted molar refractivity (Wildman–Crippen MR) is 94.3 cm³/mol. The zero-order valence-corrected chi connectivity index (χ0v) is 15.0. The number of amides is 1. The van der Waals surface area contributed by atoms with E-state index in [4.69, 9.17) is 4.42 Å². The highest BCUT2D eigenvalue weighted by Crippen LogP contribution is 2.31. The summed E-state index contributed by atoms with van der Waals surface area (Å²) in [5.41, 5.74) is 1.45. The highest BCUT2D eigenvalue weighted by Gasteiger charge is 2.38. The molecule has 128 valence electrons. The topological polar surface area (TPSA) is 49.6 Å². The van der Waals surface area contributed by atoms with E-state index in [-0.39, 0.29) is 5.91 Å². The highest BCUT2D eigenvalue weighted by molar-refractivity contribution is 7.09. The van der Waals surface area contributed by atoms with E-state index in [0.29, 0.717) is 23.4 Å². The van der Waals surface area contributed by atoms with Gasteiger partial charge in [0, 0.05) is 24.0 Å². The first-order valence-corrected chi connectivity index (χ1v) is 9.53. The lowest BCUT2D eigenvalue weighted by Crippen LogP contribution is -2.47. The largest absolute Gasteiger partial charge is 0.462 e. The standard InChI is InChI=1S/C18H23N3O2S/c1-12-19-14(11-24-12)17-9-13(10-23-17)18(22)21-8-4-6-16(21)15-5-3-7-20(15)2/h9-11,15-16H,3-8H2,1-2H3/t15-,16+/m1/s1. The van der Waals surface area contributed by atoms with Crippen molar-refractivity contribution in [1.29, 1.82) is 0 Å². The van der Waals surface area contributed by atoms with Crippen molar-refractivity contribution in [3.05, 3.63) is 28.3 Å². The maximum atomic E-state index is 13.0. The van der Waals surface area contributed by atoms with Crippen molar-refractivity contribution < 1.29 is 9.21 Å². The maximum Gasteiger partial charge on any atom is 0.257 e. The Bertz CT molecular complexity index is 738. The Morgan fingerprint density at radius 1 is 1.29 bits per heavy atom. The number of rotatable bonds is 3. The molecule has 2 aromatic heterocycles. The Morgan fingerprint density at radius 2 is 2.08 bits per heavy atom. The molecule has 0 N–H and O–H groups in total. The molecule has 4 heterocycles. The lowest BCUT2D eigenvalue weighted by molar-refractivity contribution is 0.0663. The lowest BCUT2D eigenvalue weighted by Gasteiger charge is -2.33. The first kappa shape index (κ1) is 15.8. The molecule has 2 saturated heterocycles. The van der Waals surface area contributed by atoms with Gasteiger partial charge in [0.1, 0.15) is 12.0 Å². The van der Waals surface area contributed by atoms with Crippen LogP contribution in [0.2, 0.25) is 0 Å². The molecular formula is C18H23N3O2S. The Morgan fingerprint density at radius 3 is 2.79 bits per heavy atom. The quantitative estimate of drug-likeness (QED) is 0.855. The second kappa shape index (κ2) is 6.33. The normalized spacial score (nSPS) is 24.8. The molecule has 2 atom stereocenters. The summed E-state index contributed by atoms with van der Waals surface area (Å²) in [5, 5.41) is 2.97. The van der Waals surface area contributed by atoms with Crippen LogP contribution < -0.4 is 0 Å². The number of likely N-dealkylation sites (tertiary alicyclic amines) is 2. The molecule has 1 amide bonds. The summed E-state index contributed by atoms with van der Waals surface area (Å²) in [4.78, 5) is 21.9. The lowest BCUT2D eigenvalue weighted by atomic mass is 10.0. The molecular weight excluding hydrogens is 322 g/mol. The van der Waals surface area contributed by atoms with Crippen LogP contribution in [0.3, 0.4) is 0 Å². The molecule has 24 heavy (non-hydrogen) atoms. The van der Waals surface area contributed by atoms with Gasteiger partial charge in [0.05, 0.1) is 10.6 Å². The summed E-state index contributed by atoms with van der Waals surface area (Å²) < 4.78 is 5.61. The van der Waals surface area contributed by atoms with Crippen LogP contribution in [0.25, 0.3) is 11.5 Å². The number of carbonyl (C=O) groups is 1. The monoisotopic (exact) mass is 345 g/mol. The molecule has 0 bridgehead atoms. The number of nitrogens with zero attached hydrogens (tertiary/aromatic N) is 3. The van der Waals surface area contributed by atoms with Crippen molar-refractivity contribution in [2.24, 2.45) is 0 Å². The van der Waals surface area contributed by atoms with Crippen LogP contribution in [-0.2, 0) is 0 Å². The van der Waals surface area contributed by atoms with Crippen molar-refractivity contribution in [3.8, 4) is 11.5 Å². The predicted octanol–water partition coefficient (Wildman–Crippen LogP) is 3.41. The number of carbonyl (C=O) groups excluding carboxylic acids is 1. The number of thiazole rings is 1. The summed E-state index contributed by atoms with van der Waals surface area (Å²) in [6.07, 6.45) is 6.21. The van der Waals surface area contributed by atoms with Crippen LogP contribution in [0.1, 0.15) is 41.0 Å². The minimum absolute atomic E-state index is 0.0970. The first-order valence-electron chi connectivity index (χ1n) is 8.66. The van der Waals surface area contributed by atoms with Crippen LogP contribution in [0.4, 0.5) is 0 Å². The molecule has 2 aromatic rings. The van der Waals surface area contributed by atoms with Gasteiger partial charge in [-0.05, 0) is 52.3 Å². The second-order valence-corrected chi connectivity index (χ2v) is 7.91. The van der Waals surface area contributed by atoms with E-state index in [1.165, 1.54) is 12.8 Å². The van der Waals surface area contributed by atoms with E-state index in [2.05, 4.69) is 21.8 Å². The van der Waals surface area contributed by atoms with Gasteiger partial charge in [0.15, 0.2) is 5.76 Å². The molecule has 4 rings (SSSR count). The Balaban J connectivity index is 1.54. The summed E-state index contributed by atoms with van der Waals surface area (Å²) in [7, 11) is 2.18. The summed E-state index contributed by atoms with van der Waals surface area (Å²) in [6.45, 7) is 3.96. The Labute approximate surface area is 146 Å². The fourth-order valence-electron chi connectivity index (χ4n) is 4.09. The number of aryl methyl sites for hydroxylation is 1.